The van der Waals surface area contributed by atoms with E-state index in [9.17, 15) is 14.4 Å². The Morgan fingerprint density at radius 2 is 2.00 bits per heavy atom. The van der Waals surface area contributed by atoms with Gasteiger partial charge in [0, 0.05) is 5.56 Å². The van der Waals surface area contributed by atoms with Crippen LogP contribution in [0.25, 0.3) is 17.5 Å². The molecule has 0 radical (unpaired) electrons. The third kappa shape index (κ3) is 4.31. The van der Waals surface area contributed by atoms with Crippen LogP contribution in [0.1, 0.15) is 21.9 Å². The van der Waals surface area contributed by atoms with Crippen molar-refractivity contribution in [3.8, 4) is 17.2 Å². The molecule has 0 spiro atoms. The second-order valence-corrected chi connectivity index (χ2v) is 7.29. The Balaban J connectivity index is 1.40. The number of carbonyl (C=O) groups excluding carboxylic acids is 3. The van der Waals surface area contributed by atoms with Gasteiger partial charge in [-0.2, -0.15) is 0 Å². The number of thioether (sulfide) groups is 1. The normalized spacial score (nSPS) is 14.8. The van der Waals surface area contributed by atoms with E-state index in [2.05, 4.69) is 15.3 Å². The fourth-order valence-corrected chi connectivity index (χ4v) is 3.36. The highest BCUT2D eigenvalue weighted by atomic mass is 32.2. The van der Waals surface area contributed by atoms with Crippen molar-refractivity contribution in [1.82, 2.24) is 15.3 Å². The number of ketones is 1. The molecular weight excluding hydrogens is 406 g/mol. The third-order valence-corrected chi connectivity index (χ3v) is 4.94. The summed E-state index contributed by atoms with van der Waals surface area (Å²) in [4.78, 5) is 44.0. The molecular formula is C21H15N3O5S. The summed E-state index contributed by atoms with van der Waals surface area (Å²) in [5, 5.41) is 1.76. The predicted molar refractivity (Wildman–Crippen MR) is 110 cm³/mol. The SMILES string of the molecule is Cc1oc(-c2ccccc2)nc1C(=O)COc1ccc(/C=C2\SC(=O)NC2=O)nc1. The number of amides is 2. The first-order valence-corrected chi connectivity index (χ1v) is 9.71. The molecule has 3 aromatic rings. The van der Waals surface area contributed by atoms with Gasteiger partial charge >= 0.3 is 0 Å². The van der Waals surface area contributed by atoms with Gasteiger partial charge in [-0.25, -0.2) is 4.98 Å². The van der Waals surface area contributed by atoms with Crippen molar-refractivity contribution in [3.63, 3.8) is 0 Å². The van der Waals surface area contributed by atoms with Gasteiger partial charge in [-0.1, -0.05) is 18.2 Å². The van der Waals surface area contributed by atoms with Crippen LogP contribution < -0.4 is 10.1 Å². The summed E-state index contributed by atoms with van der Waals surface area (Å²) in [5.41, 5.74) is 1.49. The molecule has 1 aliphatic heterocycles. The van der Waals surface area contributed by atoms with Crippen LogP contribution in [-0.4, -0.2) is 33.5 Å². The minimum absolute atomic E-state index is 0.220. The molecule has 2 amide bonds. The van der Waals surface area contributed by atoms with Crippen molar-refractivity contribution < 1.29 is 23.5 Å². The van der Waals surface area contributed by atoms with Gasteiger partial charge in [-0.15, -0.1) is 0 Å². The first kappa shape index (κ1) is 19.6. The minimum atomic E-state index is -0.449. The number of ether oxygens (including phenoxy) is 1. The first-order chi connectivity index (χ1) is 14.5. The lowest BCUT2D eigenvalue weighted by molar-refractivity contribution is -0.115. The second kappa shape index (κ2) is 8.34. The molecule has 0 bridgehead atoms. The molecule has 9 heteroatoms. The number of oxazole rings is 1. The Kier molecular flexibility index (Phi) is 5.44. The van der Waals surface area contributed by atoms with Crippen LogP contribution in [-0.2, 0) is 4.79 Å². The molecule has 3 heterocycles. The molecule has 0 saturated carbocycles. The molecule has 1 aromatic carbocycles. The number of pyridine rings is 1. The number of hydrogen-bond acceptors (Lipinski definition) is 8. The van der Waals surface area contributed by atoms with Gasteiger partial charge in [0.1, 0.15) is 11.5 Å². The minimum Gasteiger partial charge on any atom is -0.484 e. The van der Waals surface area contributed by atoms with Crippen molar-refractivity contribution >= 4 is 34.8 Å². The average molecular weight is 421 g/mol. The van der Waals surface area contributed by atoms with Crippen molar-refractivity contribution in [2.75, 3.05) is 6.61 Å². The fraction of sp³-hybridized carbons (Fsp3) is 0.0952. The van der Waals surface area contributed by atoms with Gasteiger partial charge in [0.25, 0.3) is 11.1 Å². The van der Waals surface area contributed by atoms with Crippen LogP contribution in [0.4, 0.5) is 4.79 Å². The molecule has 1 aliphatic rings. The summed E-state index contributed by atoms with van der Waals surface area (Å²) in [7, 11) is 0. The number of nitrogens with zero attached hydrogens (tertiary/aromatic N) is 2. The van der Waals surface area contributed by atoms with E-state index < -0.39 is 11.1 Å². The van der Waals surface area contributed by atoms with E-state index in [4.69, 9.17) is 9.15 Å². The molecule has 0 unspecified atom stereocenters. The molecule has 0 atom stereocenters. The number of nitrogens with one attached hydrogen (secondary N) is 1. The number of carbonyl (C=O) groups is 3. The lowest BCUT2D eigenvalue weighted by Gasteiger charge is -2.04. The summed E-state index contributed by atoms with van der Waals surface area (Å²) in [6.45, 7) is 1.45. The van der Waals surface area contributed by atoms with Crippen LogP contribution in [0.3, 0.4) is 0 Å². The monoisotopic (exact) mass is 421 g/mol. The van der Waals surface area contributed by atoms with E-state index in [1.54, 1.807) is 19.1 Å². The quantitative estimate of drug-likeness (QED) is 0.474. The van der Waals surface area contributed by atoms with Crippen LogP contribution in [0.5, 0.6) is 5.75 Å². The van der Waals surface area contributed by atoms with E-state index in [1.165, 1.54) is 12.3 Å². The summed E-state index contributed by atoms with van der Waals surface area (Å²) >= 11 is 0.816. The van der Waals surface area contributed by atoms with E-state index in [-0.39, 0.29) is 23.0 Å². The number of rotatable bonds is 6. The smallest absolute Gasteiger partial charge is 0.290 e. The first-order valence-electron chi connectivity index (χ1n) is 8.89. The van der Waals surface area contributed by atoms with Crippen molar-refractivity contribution in [3.05, 3.63) is 70.7 Å². The molecule has 8 nitrogen and oxygen atoms in total. The van der Waals surface area contributed by atoms with Crippen molar-refractivity contribution in [2.45, 2.75) is 6.92 Å². The second-order valence-electron chi connectivity index (χ2n) is 6.27. The average Bonchev–Trinajstić information content (AvgIpc) is 3.29. The Morgan fingerprint density at radius 3 is 2.67 bits per heavy atom. The molecule has 4 rings (SSSR count). The third-order valence-electron chi connectivity index (χ3n) is 4.13. The highest BCUT2D eigenvalue weighted by Gasteiger charge is 2.25. The van der Waals surface area contributed by atoms with Crippen molar-refractivity contribution in [1.29, 1.82) is 0 Å². The summed E-state index contributed by atoms with van der Waals surface area (Å²) in [6.07, 6.45) is 2.94. The maximum Gasteiger partial charge on any atom is 0.290 e. The molecule has 2 aromatic heterocycles. The van der Waals surface area contributed by atoms with Gasteiger partial charge in [-0.3, -0.25) is 24.7 Å². The molecule has 150 valence electrons. The zero-order valence-corrected chi connectivity index (χ0v) is 16.6. The topological polar surface area (TPSA) is 111 Å². The van der Waals surface area contributed by atoms with Crippen LogP contribution in [0.15, 0.2) is 58.0 Å². The summed E-state index contributed by atoms with van der Waals surface area (Å²) in [5.74, 6) is 0.416. The molecule has 1 saturated heterocycles. The summed E-state index contributed by atoms with van der Waals surface area (Å²) < 4.78 is 11.1. The molecule has 0 aliphatic carbocycles. The number of aromatic nitrogens is 2. The van der Waals surface area contributed by atoms with Gasteiger partial charge in [0.2, 0.25) is 11.7 Å². The Bertz CT molecular complexity index is 1150. The number of aryl methyl sites for hydroxylation is 1. The number of hydrogen-bond donors (Lipinski definition) is 1. The predicted octanol–water partition coefficient (Wildman–Crippen LogP) is 3.63. The zero-order valence-electron chi connectivity index (χ0n) is 15.7. The van der Waals surface area contributed by atoms with Gasteiger partial charge in [-0.05, 0) is 49.0 Å². The lowest BCUT2D eigenvalue weighted by atomic mass is 10.2. The highest BCUT2D eigenvalue weighted by Crippen LogP contribution is 2.25. The number of imide groups is 1. The Hall–Kier alpha value is -3.72. The number of benzene rings is 1. The fourth-order valence-electron chi connectivity index (χ4n) is 2.69. The van der Waals surface area contributed by atoms with Crippen LogP contribution in [0.2, 0.25) is 0 Å². The van der Waals surface area contributed by atoms with Gasteiger partial charge in [0.15, 0.2) is 12.3 Å². The van der Waals surface area contributed by atoms with Crippen molar-refractivity contribution in [2.24, 2.45) is 0 Å². The Labute approximate surface area is 175 Å². The van der Waals surface area contributed by atoms with E-state index in [0.717, 1.165) is 17.3 Å². The highest BCUT2D eigenvalue weighted by molar-refractivity contribution is 8.18. The van der Waals surface area contributed by atoms with E-state index >= 15 is 0 Å². The molecule has 30 heavy (non-hydrogen) atoms. The maximum absolute atomic E-state index is 12.5. The Morgan fingerprint density at radius 1 is 1.20 bits per heavy atom. The largest absolute Gasteiger partial charge is 0.484 e. The molecule has 1 N–H and O–H groups in total. The number of Topliss-reactive ketones (excluding diaryl/α,β-unsaturated/α-hetero) is 1. The maximum atomic E-state index is 12.5. The summed E-state index contributed by atoms with van der Waals surface area (Å²) in [6, 6.07) is 12.6. The van der Waals surface area contributed by atoms with Gasteiger partial charge in [0.05, 0.1) is 16.8 Å². The molecule has 1 fully saturated rings. The van der Waals surface area contributed by atoms with E-state index in [0.29, 0.717) is 23.1 Å². The standard InChI is InChI=1S/C21H15N3O5S/c1-12-18(23-20(29-12)13-5-3-2-4-6-13)16(25)11-28-15-8-7-14(22-10-15)9-17-19(26)24-21(27)30-17/h2-10H,11H2,1H3,(H,24,26,27)/b17-9-. The zero-order chi connectivity index (χ0) is 21.1. The lowest BCUT2D eigenvalue weighted by Crippen LogP contribution is -2.17. The van der Waals surface area contributed by atoms with Crippen LogP contribution in [0, 0.1) is 6.92 Å². The van der Waals surface area contributed by atoms with Crippen LogP contribution >= 0.6 is 11.8 Å². The van der Waals surface area contributed by atoms with E-state index in [1.807, 2.05) is 30.3 Å². The van der Waals surface area contributed by atoms with Gasteiger partial charge < -0.3 is 9.15 Å².